The summed E-state index contributed by atoms with van der Waals surface area (Å²) in [7, 11) is 1.56. The van der Waals surface area contributed by atoms with E-state index in [0.29, 0.717) is 43.2 Å². The van der Waals surface area contributed by atoms with Crippen molar-refractivity contribution in [2.24, 2.45) is 17.6 Å². The van der Waals surface area contributed by atoms with Gasteiger partial charge in [-0.3, -0.25) is 19.3 Å². The summed E-state index contributed by atoms with van der Waals surface area (Å²) in [6.07, 6.45) is 4.46. The summed E-state index contributed by atoms with van der Waals surface area (Å²) in [5.41, 5.74) is 5.17. The van der Waals surface area contributed by atoms with Crippen LogP contribution in [0.3, 0.4) is 0 Å². The van der Waals surface area contributed by atoms with Gasteiger partial charge in [-0.15, -0.1) is 0 Å². The number of nitrogens with two attached hydrogens (primary N) is 1. The third kappa shape index (κ3) is 4.20. The Hall–Kier alpha value is -2.61. The van der Waals surface area contributed by atoms with Gasteiger partial charge in [0.25, 0.3) is 5.91 Å². The average molecular weight is 444 g/mol. The van der Waals surface area contributed by atoms with E-state index in [4.69, 9.17) is 15.2 Å². The van der Waals surface area contributed by atoms with Crippen LogP contribution >= 0.6 is 0 Å². The molecule has 3 amide bonds. The highest BCUT2D eigenvalue weighted by Crippen LogP contribution is 2.43. The molecule has 1 spiro atoms. The van der Waals surface area contributed by atoms with Crippen molar-refractivity contribution in [2.75, 3.05) is 26.8 Å². The second-order valence-corrected chi connectivity index (χ2v) is 9.36. The molecule has 8 nitrogen and oxygen atoms in total. The Morgan fingerprint density at radius 2 is 1.81 bits per heavy atom. The molecule has 174 valence electrons. The van der Waals surface area contributed by atoms with Crippen LogP contribution in [0.25, 0.3) is 0 Å². The summed E-state index contributed by atoms with van der Waals surface area (Å²) in [5, 5.41) is 0. The molecule has 0 bridgehead atoms. The van der Waals surface area contributed by atoms with Crippen LogP contribution in [0.15, 0.2) is 24.3 Å². The first-order valence-electron chi connectivity index (χ1n) is 11.5. The van der Waals surface area contributed by atoms with Crippen LogP contribution in [0.5, 0.6) is 5.75 Å². The summed E-state index contributed by atoms with van der Waals surface area (Å²) in [5.74, 6) is 0.339. The van der Waals surface area contributed by atoms with Gasteiger partial charge >= 0.3 is 0 Å². The Morgan fingerprint density at radius 3 is 2.44 bits per heavy atom. The van der Waals surface area contributed by atoms with Gasteiger partial charge < -0.3 is 20.1 Å². The normalized spacial score (nSPS) is 28.7. The van der Waals surface area contributed by atoms with Crippen LogP contribution in [-0.4, -0.2) is 66.1 Å². The Balaban J connectivity index is 1.60. The number of hydrogen-bond acceptors (Lipinski definition) is 5. The number of methoxy groups -OCH3 is 1. The van der Waals surface area contributed by atoms with Gasteiger partial charge in [0, 0.05) is 24.6 Å². The van der Waals surface area contributed by atoms with E-state index >= 15 is 0 Å². The minimum atomic E-state index is -0.751. The van der Waals surface area contributed by atoms with E-state index in [0.717, 1.165) is 25.7 Å². The summed E-state index contributed by atoms with van der Waals surface area (Å²) in [6.45, 7) is 3.34. The molecule has 2 N–H and O–H groups in total. The number of likely N-dealkylation sites (tertiary alicyclic amines) is 1. The minimum absolute atomic E-state index is 0.111. The van der Waals surface area contributed by atoms with E-state index in [1.165, 1.54) is 0 Å². The van der Waals surface area contributed by atoms with Crippen molar-refractivity contribution < 1.29 is 23.9 Å². The van der Waals surface area contributed by atoms with Crippen LogP contribution in [0.1, 0.15) is 55.8 Å². The monoisotopic (exact) mass is 443 g/mol. The highest BCUT2D eigenvalue weighted by atomic mass is 16.5. The van der Waals surface area contributed by atoms with Crippen LogP contribution in [-0.2, 0) is 14.3 Å². The first-order valence-corrected chi connectivity index (χ1v) is 11.5. The maximum absolute atomic E-state index is 13.8. The smallest absolute Gasteiger partial charge is 0.257 e. The number of amides is 3. The molecule has 1 aromatic carbocycles. The van der Waals surface area contributed by atoms with Gasteiger partial charge in [-0.25, -0.2) is 0 Å². The lowest BCUT2D eigenvalue weighted by molar-refractivity contribution is -0.140. The topological polar surface area (TPSA) is 102 Å². The van der Waals surface area contributed by atoms with Gasteiger partial charge in [-0.2, -0.15) is 0 Å². The van der Waals surface area contributed by atoms with E-state index < -0.39 is 11.8 Å². The van der Waals surface area contributed by atoms with Gasteiger partial charge in [0.15, 0.2) is 0 Å². The van der Waals surface area contributed by atoms with Gasteiger partial charge in [0.05, 0.1) is 13.7 Å². The fourth-order valence-electron chi connectivity index (χ4n) is 5.26. The molecule has 8 heteroatoms. The number of carbonyl (C=O) groups excluding carboxylic acids is 3. The summed E-state index contributed by atoms with van der Waals surface area (Å²) < 4.78 is 11.6. The zero-order chi connectivity index (χ0) is 22.9. The molecule has 0 radical (unpaired) electrons. The average Bonchev–Trinajstić information content (AvgIpc) is 3.19. The number of nitrogens with zero attached hydrogens (tertiary/aromatic N) is 2. The quantitative estimate of drug-likeness (QED) is 0.768. The Morgan fingerprint density at radius 1 is 1.12 bits per heavy atom. The first kappa shape index (κ1) is 22.6. The van der Waals surface area contributed by atoms with Crippen molar-refractivity contribution >= 4 is 17.7 Å². The molecule has 1 aliphatic carbocycles. The third-order valence-corrected chi connectivity index (χ3v) is 7.35. The largest absolute Gasteiger partial charge is 0.497 e. The number of rotatable bonds is 4. The molecule has 4 rings (SSSR count). The molecule has 0 aromatic heterocycles. The lowest BCUT2D eigenvalue weighted by Gasteiger charge is -2.43. The molecule has 2 heterocycles. The lowest BCUT2D eigenvalue weighted by Crippen LogP contribution is -2.58. The maximum atomic E-state index is 13.8. The van der Waals surface area contributed by atoms with E-state index in [1.807, 2.05) is 0 Å². The van der Waals surface area contributed by atoms with Crippen molar-refractivity contribution in [1.29, 1.82) is 0 Å². The van der Waals surface area contributed by atoms with Crippen molar-refractivity contribution in [3.05, 3.63) is 29.8 Å². The zero-order valence-electron chi connectivity index (χ0n) is 18.9. The minimum Gasteiger partial charge on any atom is -0.497 e. The van der Waals surface area contributed by atoms with Gasteiger partial charge in [-0.1, -0.05) is 13.0 Å². The molecule has 2 saturated heterocycles. The molecule has 3 aliphatic rings. The van der Waals surface area contributed by atoms with Gasteiger partial charge in [0.2, 0.25) is 11.8 Å². The Kier molecular flexibility index (Phi) is 6.42. The van der Waals surface area contributed by atoms with Crippen molar-refractivity contribution in [2.45, 2.75) is 57.2 Å². The van der Waals surface area contributed by atoms with Crippen LogP contribution < -0.4 is 10.5 Å². The molecular weight excluding hydrogens is 410 g/mol. The van der Waals surface area contributed by atoms with E-state index in [9.17, 15) is 14.4 Å². The maximum Gasteiger partial charge on any atom is 0.257 e. The lowest BCUT2D eigenvalue weighted by atomic mass is 9.83. The SMILES string of the molecule is COc1cccc(C(=O)N2[C@H](C(=O)N3CCC(C(N)=O)CC3)COC23CCC(C)CC3)c1. The van der Waals surface area contributed by atoms with Crippen LogP contribution in [0, 0.1) is 11.8 Å². The summed E-state index contributed by atoms with van der Waals surface area (Å²) in [4.78, 5) is 42.3. The van der Waals surface area contributed by atoms with E-state index in [1.54, 1.807) is 41.2 Å². The standard InChI is InChI=1S/C24H33N3O5/c1-16-6-10-24(11-7-16)27(22(29)18-4-3-5-19(14-18)31-2)20(15-32-24)23(30)26-12-8-17(9-13-26)21(25)28/h3-5,14,16-17,20H,6-13,15H2,1-2H3,(H2,25,28)/t16?,20-,24?/m0/s1. The van der Waals surface area contributed by atoms with Crippen molar-refractivity contribution in [3.8, 4) is 5.75 Å². The molecule has 0 unspecified atom stereocenters. The van der Waals surface area contributed by atoms with Crippen molar-refractivity contribution in [3.63, 3.8) is 0 Å². The fraction of sp³-hybridized carbons (Fsp3) is 0.625. The molecule has 2 aliphatic heterocycles. The zero-order valence-corrected chi connectivity index (χ0v) is 18.9. The molecule has 32 heavy (non-hydrogen) atoms. The molecule has 1 saturated carbocycles. The molecule has 3 fully saturated rings. The second kappa shape index (κ2) is 9.10. The Bertz CT molecular complexity index is 872. The predicted octanol–water partition coefficient (Wildman–Crippen LogP) is 2.17. The third-order valence-electron chi connectivity index (χ3n) is 7.35. The first-order chi connectivity index (χ1) is 15.3. The molecule has 1 aromatic rings. The van der Waals surface area contributed by atoms with E-state index in [-0.39, 0.29) is 30.2 Å². The summed E-state index contributed by atoms with van der Waals surface area (Å²) in [6, 6.07) is 6.36. The number of primary amides is 1. The number of carbonyl (C=O) groups is 3. The number of ether oxygens (including phenoxy) is 2. The Labute approximate surface area is 189 Å². The number of benzene rings is 1. The highest BCUT2D eigenvalue weighted by Gasteiger charge is 2.54. The van der Waals surface area contributed by atoms with Crippen molar-refractivity contribution in [1.82, 2.24) is 9.80 Å². The molecule has 1 atom stereocenters. The van der Waals surface area contributed by atoms with Gasteiger partial charge in [-0.05, 0) is 62.6 Å². The molecular formula is C24H33N3O5. The number of piperidine rings is 1. The van der Waals surface area contributed by atoms with Crippen LogP contribution in [0.4, 0.5) is 0 Å². The highest BCUT2D eigenvalue weighted by molar-refractivity contribution is 5.98. The van der Waals surface area contributed by atoms with Crippen LogP contribution in [0.2, 0.25) is 0 Å². The summed E-state index contributed by atoms with van der Waals surface area (Å²) >= 11 is 0. The predicted molar refractivity (Wildman–Crippen MR) is 118 cm³/mol. The second-order valence-electron chi connectivity index (χ2n) is 9.36. The fourth-order valence-corrected chi connectivity index (χ4v) is 5.26. The van der Waals surface area contributed by atoms with Gasteiger partial charge in [0.1, 0.15) is 17.5 Å². The van der Waals surface area contributed by atoms with E-state index in [2.05, 4.69) is 6.92 Å². The number of hydrogen-bond donors (Lipinski definition) is 1.